The van der Waals surface area contributed by atoms with Crippen LogP contribution in [0.2, 0.25) is 0 Å². The van der Waals surface area contributed by atoms with Crippen LogP contribution in [0.4, 0.5) is 5.69 Å². The van der Waals surface area contributed by atoms with Gasteiger partial charge < -0.3 is 15.4 Å². The third-order valence-electron chi connectivity index (χ3n) is 3.95. The van der Waals surface area contributed by atoms with E-state index in [2.05, 4.69) is 17.6 Å². The Labute approximate surface area is 113 Å². The molecule has 3 rings (SSSR count). The summed E-state index contributed by atoms with van der Waals surface area (Å²) in [7, 11) is 0. The molecular weight excluding hydrogens is 240 g/mol. The molecule has 2 aliphatic rings. The zero-order valence-electron chi connectivity index (χ0n) is 11.2. The van der Waals surface area contributed by atoms with Gasteiger partial charge in [-0.25, -0.2) is 0 Å². The summed E-state index contributed by atoms with van der Waals surface area (Å²) in [6.07, 6.45) is 2.77. The number of rotatable bonds is 2. The second kappa shape index (κ2) is 5.21. The summed E-state index contributed by atoms with van der Waals surface area (Å²) in [5.41, 5.74) is 2.08. The van der Waals surface area contributed by atoms with Gasteiger partial charge in [0.05, 0.1) is 6.61 Å². The Balaban J connectivity index is 1.66. The largest absolute Gasteiger partial charge is 0.493 e. The Morgan fingerprint density at radius 3 is 3.21 bits per heavy atom. The molecule has 1 aromatic rings. The number of ether oxygens (including phenoxy) is 1. The highest BCUT2D eigenvalue weighted by Crippen LogP contribution is 2.28. The number of amides is 1. The first-order chi connectivity index (χ1) is 9.22. The first-order valence-electron chi connectivity index (χ1n) is 7.02. The van der Waals surface area contributed by atoms with Gasteiger partial charge in [-0.15, -0.1) is 0 Å². The van der Waals surface area contributed by atoms with E-state index in [1.54, 1.807) is 0 Å². The zero-order valence-corrected chi connectivity index (χ0v) is 11.2. The van der Waals surface area contributed by atoms with Gasteiger partial charge in [0, 0.05) is 24.1 Å². The van der Waals surface area contributed by atoms with Gasteiger partial charge >= 0.3 is 0 Å². The molecule has 19 heavy (non-hydrogen) atoms. The van der Waals surface area contributed by atoms with Gasteiger partial charge in [-0.05, 0) is 50.1 Å². The summed E-state index contributed by atoms with van der Waals surface area (Å²) in [5, 5.41) is 6.41. The molecule has 0 aliphatic carbocycles. The molecular formula is C15H20N2O2. The maximum absolute atomic E-state index is 12.2. The highest BCUT2D eigenvalue weighted by Gasteiger charge is 2.25. The van der Waals surface area contributed by atoms with Crippen LogP contribution in [-0.2, 0) is 11.2 Å². The number of carbonyl (C=O) groups excluding carboxylic acids is 1. The Bertz CT molecular complexity index is 487. The van der Waals surface area contributed by atoms with Crippen LogP contribution in [0.25, 0.3) is 0 Å². The first kappa shape index (κ1) is 12.5. The van der Waals surface area contributed by atoms with E-state index in [0.717, 1.165) is 43.9 Å². The highest BCUT2D eigenvalue weighted by atomic mass is 16.5. The molecule has 2 heterocycles. The predicted molar refractivity (Wildman–Crippen MR) is 74.5 cm³/mol. The summed E-state index contributed by atoms with van der Waals surface area (Å²) in [5.74, 6) is 1.22. The number of carbonyl (C=O) groups is 1. The lowest BCUT2D eigenvalue weighted by Crippen LogP contribution is -2.40. The van der Waals surface area contributed by atoms with Crippen molar-refractivity contribution in [2.45, 2.75) is 32.2 Å². The maximum atomic E-state index is 12.2. The van der Waals surface area contributed by atoms with Crippen molar-refractivity contribution >= 4 is 11.6 Å². The number of fused-ring (bicyclic) bond motifs is 1. The van der Waals surface area contributed by atoms with Crippen LogP contribution in [0.5, 0.6) is 5.75 Å². The normalized spacial score (nSPS) is 25.5. The van der Waals surface area contributed by atoms with Crippen LogP contribution in [0.3, 0.4) is 0 Å². The minimum atomic E-state index is 0.126. The molecule has 2 atom stereocenters. The van der Waals surface area contributed by atoms with Gasteiger partial charge in [0.15, 0.2) is 0 Å². The fraction of sp³-hybridized carbons (Fsp3) is 0.533. The molecule has 1 saturated heterocycles. The summed E-state index contributed by atoms with van der Waals surface area (Å²) < 4.78 is 5.47. The monoisotopic (exact) mass is 260 g/mol. The Hall–Kier alpha value is -1.55. The number of benzene rings is 1. The molecule has 0 bridgehead atoms. The SMILES string of the molecule is CC1CC(C(=O)Nc2ccc3c(c2)CCO3)CCN1. The van der Waals surface area contributed by atoms with Crippen LogP contribution in [0.1, 0.15) is 25.3 Å². The number of piperidine rings is 1. The second-order valence-corrected chi connectivity index (χ2v) is 5.49. The molecule has 4 nitrogen and oxygen atoms in total. The van der Waals surface area contributed by atoms with E-state index in [4.69, 9.17) is 4.74 Å². The molecule has 0 radical (unpaired) electrons. The van der Waals surface area contributed by atoms with E-state index in [-0.39, 0.29) is 11.8 Å². The van der Waals surface area contributed by atoms with Crippen LogP contribution in [0.15, 0.2) is 18.2 Å². The zero-order chi connectivity index (χ0) is 13.2. The molecule has 1 fully saturated rings. The number of hydrogen-bond donors (Lipinski definition) is 2. The van der Waals surface area contributed by atoms with Crippen molar-refractivity contribution in [3.63, 3.8) is 0 Å². The van der Waals surface area contributed by atoms with Crippen LogP contribution in [-0.4, -0.2) is 25.1 Å². The van der Waals surface area contributed by atoms with Gasteiger partial charge in [0.2, 0.25) is 5.91 Å². The molecule has 4 heteroatoms. The smallest absolute Gasteiger partial charge is 0.227 e. The topological polar surface area (TPSA) is 50.4 Å². The minimum absolute atomic E-state index is 0.126. The first-order valence-corrected chi connectivity index (χ1v) is 7.02. The summed E-state index contributed by atoms with van der Waals surface area (Å²) >= 11 is 0. The Morgan fingerprint density at radius 1 is 1.47 bits per heavy atom. The van der Waals surface area contributed by atoms with E-state index in [9.17, 15) is 4.79 Å². The van der Waals surface area contributed by atoms with Crippen LogP contribution in [0, 0.1) is 5.92 Å². The molecule has 0 spiro atoms. The van der Waals surface area contributed by atoms with E-state index < -0.39 is 0 Å². The van der Waals surface area contributed by atoms with Gasteiger partial charge in [-0.1, -0.05) is 0 Å². The van der Waals surface area contributed by atoms with Crippen molar-refractivity contribution in [2.75, 3.05) is 18.5 Å². The van der Waals surface area contributed by atoms with Gasteiger partial charge in [0.25, 0.3) is 0 Å². The molecule has 0 aromatic heterocycles. The third-order valence-corrected chi connectivity index (χ3v) is 3.95. The molecule has 1 amide bonds. The average Bonchev–Trinajstić information content (AvgIpc) is 2.86. The van der Waals surface area contributed by atoms with Gasteiger partial charge in [-0.2, -0.15) is 0 Å². The number of hydrogen-bond acceptors (Lipinski definition) is 3. The van der Waals surface area contributed by atoms with Gasteiger partial charge in [-0.3, -0.25) is 4.79 Å². The molecule has 2 unspecified atom stereocenters. The van der Waals surface area contributed by atoms with Crippen LogP contribution >= 0.6 is 0 Å². The molecule has 2 aliphatic heterocycles. The predicted octanol–water partition coefficient (Wildman–Crippen LogP) is 1.95. The molecule has 102 valence electrons. The fourth-order valence-electron chi connectivity index (χ4n) is 2.88. The standard InChI is InChI=1S/C15H20N2O2/c1-10-8-12(4-6-16-10)15(18)17-13-2-3-14-11(9-13)5-7-19-14/h2-3,9-10,12,16H,4-8H2,1H3,(H,17,18). The minimum Gasteiger partial charge on any atom is -0.493 e. The Kier molecular flexibility index (Phi) is 3.42. The second-order valence-electron chi connectivity index (χ2n) is 5.49. The highest BCUT2D eigenvalue weighted by molar-refractivity contribution is 5.92. The average molecular weight is 260 g/mol. The van der Waals surface area contributed by atoms with Crippen molar-refractivity contribution in [3.8, 4) is 5.75 Å². The van der Waals surface area contributed by atoms with Crippen LogP contribution < -0.4 is 15.4 Å². The lowest BCUT2D eigenvalue weighted by atomic mass is 9.92. The fourth-order valence-corrected chi connectivity index (χ4v) is 2.88. The number of anilines is 1. The molecule has 2 N–H and O–H groups in total. The van der Waals surface area contributed by atoms with Crippen molar-refractivity contribution < 1.29 is 9.53 Å². The van der Waals surface area contributed by atoms with Crippen molar-refractivity contribution in [3.05, 3.63) is 23.8 Å². The quantitative estimate of drug-likeness (QED) is 0.854. The van der Waals surface area contributed by atoms with E-state index >= 15 is 0 Å². The molecule has 1 aromatic carbocycles. The van der Waals surface area contributed by atoms with Crippen molar-refractivity contribution in [1.82, 2.24) is 5.32 Å². The maximum Gasteiger partial charge on any atom is 0.227 e. The van der Waals surface area contributed by atoms with E-state index in [1.807, 2.05) is 18.2 Å². The lowest BCUT2D eigenvalue weighted by molar-refractivity contribution is -0.120. The summed E-state index contributed by atoms with van der Waals surface area (Å²) in [4.78, 5) is 12.2. The lowest BCUT2D eigenvalue weighted by Gasteiger charge is -2.27. The Morgan fingerprint density at radius 2 is 2.37 bits per heavy atom. The summed E-state index contributed by atoms with van der Waals surface area (Å²) in [6.45, 7) is 3.81. The number of nitrogens with one attached hydrogen (secondary N) is 2. The molecule has 0 saturated carbocycles. The van der Waals surface area contributed by atoms with Crippen molar-refractivity contribution in [2.24, 2.45) is 5.92 Å². The third kappa shape index (κ3) is 2.73. The van der Waals surface area contributed by atoms with Crippen molar-refractivity contribution in [1.29, 1.82) is 0 Å². The summed E-state index contributed by atoms with van der Waals surface area (Å²) in [6, 6.07) is 6.33. The van der Waals surface area contributed by atoms with Gasteiger partial charge in [0.1, 0.15) is 5.75 Å². The van der Waals surface area contributed by atoms with E-state index in [0.29, 0.717) is 6.04 Å². The van der Waals surface area contributed by atoms with E-state index in [1.165, 1.54) is 5.56 Å².